The Kier molecular flexibility index (Phi) is 4.80. The molecule has 1 aromatic rings. The number of hydrogen-bond donors (Lipinski definition) is 2. The van der Waals surface area contributed by atoms with Crippen molar-refractivity contribution in [3.05, 3.63) is 28.8 Å². The van der Waals surface area contributed by atoms with Gasteiger partial charge in [-0.2, -0.15) is 0 Å². The first kappa shape index (κ1) is 17.6. The number of carbonyl (C=O) groups excluding carboxylic acids is 1. The van der Waals surface area contributed by atoms with Crippen LogP contribution in [0.15, 0.2) is 18.2 Å². The van der Waals surface area contributed by atoms with Gasteiger partial charge in [-0.1, -0.05) is 32.4 Å². The number of halogens is 1. The summed E-state index contributed by atoms with van der Waals surface area (Å²) in [7, 11) is 0. The molecule has 1 saturated heterocycles. The van der Waals surface area contributed by atoms with Gasteiger partial charge in [0.2, 0.25) is 0 Å². The molecule has 5 heteroatoms. The van der Waals surface area contributed by atoms with Crippen molar-refractivity contribution in [1.29, 1.82) is 0 Å². The molecule has 132 valence electrons. The van der Waals surface area contributed by atoms with Crippen LogP contribution in [0.1, 0.15) is 37.6 Å². The Bertz CT molecular complexity index is 594. The van der Waals surface area contributed by atoms with Gasteiger partial charge in [0.05, 0.1) is 0 Å². The molecule has 0 aromatic heterocycles. The molecule has 2 aliphatic rings. The molecule has 1 amide bonds. The standard InChI is InChI=1S/C19H27ClN2O2/c1-19(2,3)4-5-22-10-16-15(17(16)11-22)9-21-18(24)12-6-13(20)8-14(23)7-12/h6-8,15-17,23H,4-5,9-11H2,1-3H3,(H,21,24). The third kappa shape index (κ3) is 4.22. The maximum Gasteiger partial charge on any atom is 0.251 e. The lowest BCUT2D eigenvalue weighted by atomic mass is 9.92. The zero-order valence-electron chi connectivity index (χ0n) is 14.7. The molecule has 24 heavy (non-hydrogen) atoms. The van der Waals surface area contributed by atoms with Crippen LogP contribution in [0.25, 0.3) is 0 Å². The molecule has 2 unspecified atom stereocenters. The minimum atomic E-state index is -0.164. The second kappa shape index (κ2) is 6.57. The van der Waals surface area contributed by atoms with E-state index in [9.17, 15) is 9.90 Å². The quantitative estimate of drug-likeness (QED) is 0.855. The fraction of sp³-hybridized carbons (Fsp3) is 0.632. The van der Waals surface area contributed by atoms with E-state index in [2.05, 4.69) is 31.0 Å². The third-order valence-corrected chi connectivity index (χ3v) is 5.49. The van der Waals surface area contributed by atoms with Crippen LogP contribution in [0, 0.1) is 23.2 Å². The number of likely N-dealkylation sites (tertiary alicyclic amines) is 1. The molecule has 1 aliphatic heterocycles. The van der Waals surface area contributed by atoms with Crippen molar-refractivity contribution in [2.24, 2.45) is 23.2 Å². The highest BCUT2D eigenvalue weighted by molar-refractivity contribution is 6.31. The molecule has 0 radical (unpaired) electrons. The van der Waals surface area contributed by atoms with E-state index in [0.29, 0.717) is 28.5 Å². The van der Waals surface area contributed by atoms with E-state index in [1.165, 1.54) is 38.2 Å². The maximum atomic E-state index is 12.2. The molecule has 1 aromatic carbocycles. The van der Waals surface area contributed by atoms with Crippen molar-refractivity contribution in [2.45, 2.75) is 27.2 Å². The average Bonchev–Trinajstić information content (AvgIpc) is 2.92. The van der Waals surface area contributed by atoms with E-state index < -0.39 is 0 Å². The summed E-state index contributed by atoms with van der Waals surface area (Å²) in [5.41, 5.74) is 0.806. The summed E-state index contributed by atoms with van der Waals surface area (Å²) >= 11 is 5.88. The number of phenols is 1. The maximum absolute atomic E-state index is 12.2. The van der Waals surface area contributed by atoms with Gasteiger partial charge in [0.25, 0.3) is 5.91 Å². The molecule has 4 nitrogen and oxygen atoms in total. The highest BCUT2D eigenvalue weighted by atomic mass is 35.5. The molecular weight excluding hydrogens is 324 g/mol. The smallest absolute Gasteiger partial charge is 0.251 e. The van der Waals surface area contributed by atoms with Gasteiger partial charge in [0.1, 0.15) is 5.75 Å². The molecule has 2 fully saturated rings. The summed E-state index contributed by atoms with van der Waals surface area (Å²) in [5.74, 6) is 1.93. The molecule has 1 heterocycles. The lowest BCUT2D eigenvalue weighted by Crippen LogP contribution is -2.32. The number of benzene rings is 1. The van der Waals surface area contributed by atoms with Crippen LogP contribution in [0.4, 0.5) is 0 Å². The van der Waals surface area contributed by atoms with Crippen LogP contribution in [0.5, 0.6) is 5.75 Å². The summed E-state index contributed by atoms with van der Waals surface area (Å²) in [6.07, 6.45) is 1.23. The summed E-state index contributed by atoms with van der Waals surface area (Å²) < 4.78 is 0. The minimum Gasteiger partial charge on any atom is -0.508 e. The first-order valence-electron chi connectivity index (χ1n) is 8.73. The van der Waals surface area contributed by atoms with Gasteiger partial charge in [-0.3, -0.25) is 4.79 Å². The molecule has 0 spiro atoms. The zero-order valence-corrected chi connectivity index (χ0v) is 15.4. The van der Waals surface area contributed by atoms with Crippen molar-refractivity contribution in [2.75, 3.05) is 26.2 Å². The van der Waals surface area contributed by atoms with Crippen LogP contribution in [-0.4, -0.2) is 42.1 Å². The lowest BCUT2D eigenvalue weighted by Gasteiger charge is -2.25. The minimum absolute atomic E-state index is 0.0189. The number of rotatable bonds is 5. The van der Waals surface area contributed by atoms with E-state index in [-0.39, 0.29) is 11.7 Å². The van der Waals surface area contributed by atoms with Crippen LogP contribution in [-0.2, 0) is 0 Å². The van der Waals surface area contributed by atoms with Gasteiger partial charge in [0.15, 0.2) is 0 Å². The number of fused-ring (bicyclic) bond motifs is 1. The Morgan fingerprint density at radius 3 is 2.54 bits per heavy atom. The highest BCUT2D eigenvalue weighted by Gasteiger charge is 2.55. The van der Waals surface area contributed by atoms with Gasteiger partial charge in [-0.05, 0) is 54.3 Å². The van der Waals surface area contributed by atoms with Crippen molar-refractivity contribution in [1.82, 2.24) is 10.2 Å². The average molecular weight is 351 g/mol. The first-order chi connectivity index (χ1) is 11.2. The number of phenolic OH excluding ortho intramolecular Hbond substituents is 1. The Morgan fingerprint density at radius 1 is 1.29 bits per heavy atom. The highest BCUT2D eigenvalue weighted by Crippen LogP contribution is 2.51. The van der Waals surface area contributed by atoms with Crippen LogP contribution in [0.3, 0.4) is 0 Å². The predicted molar refractivity (Wildman–Crippen MR) is 96.4 cm³/mol. The second-order valence-corrected chi connectivity index (χ2v) is 8.91. The molecule has 0 bridgehead atoms. The summed E-state index contributed by atoms with van der Waals surface area (Å²) in [6, 6.07) is 4.46. The summed E-state index contributed by atoms with van der Waals surface area (Å²) in [5, 5.41) is 12.9. The Balaban J connectivity index is 1.42. The summed E-state index contributed by atoms with van der Waals surface area (Å²) in [6.45, 7) is 11.1. The largest absolute Gasteiger partial charge is 0.508 e. The molecule has 3 rings (SSSR count). The van der Waals surface area contributed by atoms with Crippen molar-refractivity contribution in [3.8, 4) is 5.75 Å². The lowest BCUT2D eigenvalue weighted by molar-refractivity contribution is 0.0948. The molecule has 1 saturated carbocycles. The number of aromatic hydroxyl groups is 1. The first-order valence-corrected chi connectivity index (χ1v) is 9.11. The number of hydrogen-bond acceptors (Lipinski definition) is 3. The van der Waals surface area contributed by atoms with E-state index >= 15 is 0 Å². The van der Waals surface area contributed by atoms with E-state index in [4.69, 9.17) is 11.6 Å². The zero-order chi connectivity index (χ0) is 17.5. The topological polar surface area (TPSA) is 52.6 Å². The normalized spacial score (nSPS) is 26.2. The number of nitrogens with one attached hydrogen (secondary N) is 1. The number of piperidine rings is 1. The third-order valence-electron chi connectivity index (χ3n) is 5.27. The fourth-order valence-corrected chi connectivity index (χ4v) is 3.96. The van der Waals surface area contributed by atoms with Gasteiger partial charge in [-0.25, -0.2) is 0 Å². The number of carbonyl (C=O) groups is 1. The second-order valence-electron chi connectivity index (χ2n) is 8.47. The van der Waals surface area contributed by atoms with E-state index in [0.717, 1.165) is 11.8 Å². The Labute approximate surface area is 149 Å². The van der Waals surface area contributed by atoms with Crippen LogP contribution in [0.2, 0.25) is 5.02 Å². The van der Waals surface area contributed by atoms with Gasteiger partial charge >= 0.3 is 0 Å². The predicted octanol–water partition coefficient (Wildman–Crippen LogP) is 3.39. The van der Waals surface area contributed by atoms with E-state index in [1.54, 1.807) is 6.07 Å². The molecule has 2 atom stereocenters. The molecule has 1 aliphatic carbocycles. The van der Waals surface area contributed by atoms with E-state index in [1.807, 2.05) is 0 Å². The van der Waals surface area contributed by atoms with Crippen LogP contribution >= 0.6 is 11.6 Å². The van der Waals surface area contributed by atoms with Gasteiger partial charge in [-0.15, -0.1) is 0 Å². The monoisotopic (exact) mass is 350 g/mol. The van der Waals surface area contributed by atoms with Crippen LogP contribution < -0.4 is 5.32 Å². The van der Waals surface area contributed by atoms with Crippen molar-refractivity contribution >= 4 is 17.5 Å². The van der Waals surface area contributed by atoms with Gasteiger partial charge in [0, 0.05) is 30.2 Å². The van der Waals surface area contributed by atoms with Crippen molar-refractivity contribution < 1.29 is 9.90 Å². The Hall–Kier alpha value is -1.26. The summed E-state index contributed by atoms with van der Waals surface area (Å²) in [4.78, 5) is 14.8. The number of nitrogens with zero attached hydrogens (tertiary/aromatic N) is 1. The van der Waals surface area contributed by atoms with Crippen molar-refractivity contribution in [3.63, 3.8) is 0 Å². The molecule has 2 N–H and O–H groups in total. The SMILES string of the molecule is CC(C)(C)CCN1CC2C(CNC(=O)c3cc(O)cc(Cl)c3)C2C1. The van der Waals surface area contributed by atoms with Gasteiger partial charge < -0.3 is 15.3 Å². The fourth-order valence-electron chi connectivity index (χ4n) is 3.73. The molecular formula is C19H27ClN2O2. The number of amides is 1. The Morgan fingerprint density at radius 2 is 1.96 bits per heavy atom.